The first kappa shape index (κ1) is 16.6. The Morgan fingerprint density at radius 1 is 1.30 bits per heavy atom. The van der Waals surface area contributed by atoms with Crippen LogP contribution in [0, 0.1) is 13.8 Å². The van der Waals surface area contributed by atoms with Crippen molar-refractivity contribution in [3.8, 4) is 0 Å². The van der Waals surface area contributed by atoms with Gasteiger partial charge in [0.2, 0.25) is 0 Å². The highest BCUT2D eigenvalue weighted by Gasteiger charge is 2.24. The van der Waals surface area contributed by atoms with E-state index in [-0.39, 0.29) is 18.2 Å². The molecule has 2 aromatic heterocycles. The number of piperazine rings is 1. The summed E-state index contributed by atoms with van der Waals surface area (Å²) in [5.41, 5.74) is 1.01. The molecule has 2 aromatic rings. The van der Waals surface area contributed by atoms with Gasteiger partial charge in [0, 0.05) is 37.6 Å². The van der Waals surface area contributed by atoms with Gasteiger partial charge in [-0.25, -0.2) is 4.98 Å². The van der Waals surface area contributed by atoms with E-state index in [9.17, 15) is 4.79 Å². The van der Waals surface area contributed by atoms with Crippen molar-refractivity contribution >= 4 is 21.6 Å². The second kappa shape index (κ2) is 6.68. The molecule has 1 saturated heterocycles. The van der Waals surface area contributed by atoms with Gasteiger partial charge in [-0.05, 0) is 26.3 Å². The third-order valence-corrected chi connectivity index (χ3v) is 5.93. The van der Waals surface area contributed by atoms with E-state index >= 15 is 0 Å². The van der Waals surface area contributed by atoms with Crippen LogP contribution in [0.2, 0.25) is 0 Å². The number of H-pyrrole nitrogens is 1. The fourth-order valence-corrected chi connectivity index (χ4v) is 4.19. The number of hydrogen-bond acceptors (Lipinski definition) is 6. The van der Waals surface area contributed by atoms with E-state index in [4.69, 9.17) is 10.1 Å². The van der Waals surface area contributed by atoms with Crippen LogP contribution in [0.5, 0.6) is 0 Å². The Balaban J connectivity index is 1.82. The predicted molar refractivity (Wildman–Crippen MR) is 93.2 cm³/mol. The van der Waals surface area contributed by atoms with Gasteiger partial charge < -0.3 is 10.1 Å². The summed E-state index contributed by atoms with van der Waals surface area (Å²) in [4.78, 5) is 26.7. The second-order valence-electron chi connectivity index (χ2n) is 6.19. The SMILES string of the molecule is Cc1sc2nc(C(C)N3CCN(CCO)CC3)[nH]c(=O)c2c1C. The zero-order valence-electron chi connectivity index (χ0n) is 13.9. The van der Waals surface area contributed by atoms with Crippen molar-refractivity contribution in [1.82, 2.24) is 19.8 Å². The van der Waals surface area contributed by atoms with Crippen LogP contribution in [-0.4, -0.2) is 64.2 Å². The molecule has 0 spiro atoms. The Kier molecular flexibility index (Phi) is 4.82. The summed E-state index contributed by atoms with van der Waals surface area (Å²) in [6.07, 6.45) is 0. The minimum absolute atomic E-state index is 0.0300. The molecule has 1 unspecified atom stereocenters. The number of hydrogen-bond donors (Lipinski definition) is 2. The van der Waals surface area contributed by atoms with Crippen LogP contribution in [0.4, 0.5) is 0 Å². The topological polar surface area (TPSA) is 72.5 Å². The van der Waals surface area contributed by atoms with Gasteiger partial charge in [0.05, 0.1) is 18.0 Å². The number of aliphatic hydroxyl groups is 1. The monoisotopic (exact) mass is 336 g/mol. The maximum atomic E-state index is 12.4. The third-order valence-electron chi connectivity index (χ3n) is 4.82. The van der Waals surface area contributed by atoms with Crippen LogP contribution in [0.25, 0.3) is 10.2 Å². The highest BCUT2D eigenvalue weighted by Crippen LogP contribution is 2.27. The molecule has 0 aromatic carbocycles. The molecule has 0 bridgehead atoms. The van der Waals surface area contributed by atoms with Crippen molar-refractivity contribution in [3.63, 3.8) is 0 Å². The highest BCUT2D eigenvalue weighted by atomic mass is 32.1. The standard InChI is InChI=1S/C16H24N4O2S/c1-10-12(3)23-16-13(10)15(22)17-14(18-16)11(2)20-6-4-19(5-7-20)8-9-21/h11,21H,4-9H2,1-3H3,(H,17,18,22). The lowest BCUT2D eigenvalue weighted by Crippen LogP contribution is -2.48. The van der Waals surface area contributed by atoms with E-state index in [1.165, 1.54) is 0 Å². The first-order chi connectivity index (χ1) is 11.0. The van der Waals surface area contributed by atoms with Gasteiger partial charge in [0.1, 0.15) is 10.7 Å². The van der Waals surface area contributed by atoms with Crippen LogP contribution < -0.4 is 5.56 Å². The number of fused-ring (bicyclic) bond motifs is 1. The van der Waals surface area contributed by atoms with Gasteiger partial charge in [-0.2, -0.15) is 0 Å². The molecule has 1 atom stereocenters. The van der Waals surface area contributed by atoms with E-state index in [1.807, 2.05) is 13.8 Å². The Morgan fingerprint density at radius 2 is 2.00 bits per heavy atom. The Bertz CT molecular complexity index is 746. The van der Waals surface area contributed by atoms with Crippen molar-refractivity contribution in [2.24, 2.45) is 0 Å². The molecule has 1 aliphatic heterocycles. The normalized spacial score (nSPS) is 18.6. The predicted octanol–water partition coefficient (Wildman–Crippen LogP) is 1.27. The molecule has 6 nitrogen and oxygen atoms in total. The quantitative estimate of drug-likeness (QED) is 0.880. The fourth-order valence-electron chi connectivity index (χ4n) is 3.16. The van der Waals surface area contributed by atoms with Gasteiger partial charge in [0.15, 0.2) is 0 Å². The molecule has 3 rings (SSSR count). The Morgan fingerprint density at radius 3 is 2.65 bits per heavy atom. The summed E-state index contributed by atoms with van der Waals surface area (Å²) in [6, 6.07) is 0.0890. The number of aromatic nitrogens is 2. The molecule has 2 N–H and O–H groups in total. The highest BCUT2D eigenvalue weighted by molar-refractivity contribution is 7.18. The molecule has 23 heavy (non-hydrogen) atoms. The smallest absolute Gasteiger partial charge is 0.259 e. The average Bonchev–Trinajstić information content (AvgIpc) is 2.82. The lowest BCUT2D eigenvalue weighted by atomic mass is 10.2. The van der Waals surface area contributed by atoms with Crippen LogP contribution in [0.1, 0.15) is 29.2 Å². The van der Waals surface area contributed by atoms with Crippen LogP contribution in [-0.2, 0) is 0 Å². The average molecular weight is 336 g/mol. The van der Waals surface area contributed by atoms with Crippen LogP contribution in [0.3, 0.4) is 0 Å². The molecule has 3 heterocycles. The molecule has 0 saturated carbocycles. The zero-order chi connectivity index (χ0) is 16.6. The lowest BCUT2D eigenvalue weighted by Gasteiger charge is -2.37. The van der Waals surface area contributed by atoms with Crippen molar-refractivity contribution in [2.75, 3.05) is 39.3 Å². The molecular formula is C16H24N4O2S. The number of aromatic amines is 1. The summed E-state index contributed by atoms with van der Waals surface area (Å²) in [5.74, 6) is 0.749. The van der Waals surface area contributed by atoms with Gasteiger partial charge in [0.25, 0.3) is 5.56 Å². The summed E-state index contributed by atoms with van der Waals surface area (Å²) in [7, 11) is 0. The summed E-state index contributed by atoms with van der Waals surface area (Å²) < 4.78 is 0. The zero-order valence-corrected chi connectivity index (χ0v) is 14.7. The number of nitrogens with one attached hydrogen (secondary N) is 1. The number of thiophene rings is 1. The van der Waals surface area contributed by atoms with Gasteiger partial charge in [-0.3, -0.25) is 14.6 Å². The minimum atomic E-state index is -0.0300. The number of β-amino-alcohol motifs (C(OH)–C–C–N with tert-alkyl or cyclic N) is 1. The maximum absolute atomic E-state index is 12.4. The van der Waals surface area contributed by atoms with Crippen molar-refractivity contribution in [1.29, 1.82) is 0 Å². The van der Waals surface area contributed by atoms with E-state index < -0.39 is 0 Å². The number of aryl methyl sites for hydroxylation is 2. The largest absolute Gasteiger partial charge is 0.395 e. The van der Waals surface area contributed by atoms with E-state index in [1.54, 1.807) is 11.3 Å². The first-order valence-corrected chi connectivity index (χ1v) is 8.90. The van der Waals surface area contributed by atoms with E-state index in [2.05, 4.69) is 21.7 Å². The van der Waals surface area contributed by atoms with E-state index in [0.717, 1.165) is 59.2 Å². The summed E-state index contributed by atoms with van der Waals surface area (Å²) in [6.45, 7) is 10.8. The second-order valence-corrected chi connectivity index (χ2v) is 7.39. The van der Waals surface area contributed by atoms with E-state index in [0.29, 0.717) is 0 Å². The molecule has 0 amide bonds. The summed E-state index contributed by atoms with van der Waals surface area (Å²) in [5, 5.41) is 9.76. The van der Waals surface area contributed by atoms with Gasteiger partial charge in [-0.15, -0.1) is 11.3 Å². The Labute approximate surface area is 139 Å². The first-order valence-electron chi connectivity index (χ1n) is 8.08. The number of aliphatic hydroxyl groups excluding tert-OH is 1. The van der Waals surface area contributed by atoms with Crippen LogP contribution in [0.15, 0.2) is 4.79 Å². The lowest BCUT2D eigenvalue weighted by molar-refractivity contribution is 0.0862. The van der Waals surface area contributed by atoms with Gasteiger partial charge >= 0.3 is 0 Å². The molecular weight excluding hydrogens is 312 g/mol. The minimum Gasteiger partial charge on any atom is -0.395 e. The molecule has 1 fully saturated rings. The van der Waals surface area contributed by atoms with Crippen LogP contribution >= 0.6 is 11.3 Å². The van der Waals surface area contributed by atoms with Crippen molar-refractivity contribution < 1.29 is 5.11 Å². The van der Waals surface area contributed by atoms with Gasteiger partial charge in [-0.1, -0.05) is 0 Å². The fraction of sp³-hybridized carbons (Fsp3) is 0.625. The molecule has 1 aliphatic rings. The van der Waals surface area contributed by atoms with Crippen molar-refractivity contribution in [2.45, 2.75) is 26.8 Å². The third kappa shape index (κ3) is 3.19. The molecule has 0 aliphatic carbocycles. The Hall–Kier alpha value is -1.28. The number of nitrogens with zero attached hydrogens (tertiary/aromatic N) is 3. The summed E-state index contributed by atoms with van der Waals surface area (Å²) >= 11 is 1.59. The molecule has 7 heteroatoms. The maximum Gasteiger partial charge on any atom is 0.259 e. The van der Waals surface area contributed by atoms with Crippen molar-refractivity contribution in [3.05, 3.63) is 26.6 Å². The number of rotatable bonds is 4. The molecule has 126 valence electrons. The molecule has 0 radical (unpaired) electrons.